The van der Waals surface area contributed by atoms with E-state index < -0.39 is 0 Å². The minimum Gasteiger partial charge on any atom is -0.377 e. The molecule has 3 heterocycles. The Bertz CT molecular complexity index is 439. The molecular formula is C31H67BN3O3. The van der Waals surface area contributed by atoms with E-state index in [1.807, 2.05) is 13.8 Å². The van der Waals surface area contributed by atoms with Crippen molar-refractivity contribution in [1.29, 1.82) is 0 Å². The van der Waals surface area contributed by atoms with Crippen molar-refractivity contribution in [2.45, 2.75) is 125 Å². The molecule has 6 nitrogen and oxygen atoms in total. The van der Waals surface area contributed by atoms with Gasteiger partial charge in [-0.3, -0.25) is 0 Å². The molecule has 0 aromatic rings. The van der Waals surface area contributed by atoms with Gasteiger partial charge < -0.3 is 30.2 Å². The van der Waals surface area contributed by atoms with Crippen LogP contribution in [0.2, 0.25) is 0 Å². The van der Waals surface area contributed by atoms with Gasteiger partial charge in [0.05, 0.1) is 37.6 Å². The van der Waals surface area contributed by atoms with Crippen LogP contribution in [-0.2, 0) is 14.2 Å². The molecule has 0 aromatic carbocycles. The lowest BCUT2D eigenvalue weighted by Crippen LogP contribution is -2.24. The van der Waals surface area contributed by atoms with Crippen LogP contribution in [0, 0.1) is 17.8 Å². The third-order valence-corrected chi connectivity index (χ3v) is 7.67. The zero-order valence-corrected chi connectivity index (χ0v) is 27.0. The lowest BCUT2D eigenvalue weighted by atomic mass is 10.0. The molecule has 7 heteroatoms. The maximum absolute atomic E-state index is 5.53. The first-order valence-electron chi connectivity index (χ1n) is 15.7. The third kappa shape index (κ3) is 22.6. The van der Waals surface area contributed by atoms with E-state index in [1.165, 1.54) is 38.5 Å². The highest BCUT2D eigenvalue weighted by Crippen LogP contribution is 2.21. The number of hydrogen-bond acceptors (Lipinski definition) is 6. The molecular weight excluding hydrogens is 473 g/mol. The molecule has 4 rings (SSSR count). The van der Waals surface area contributed by atoms with Crippen LogP contribution in [0.3, 0.4) is 0 Å². The highest BCUT2D eigenvalue weighted by molar-refractivity contribution is 5.75. The van der Waals surface area contributed by atoms with Crippen molar-refractivity contribution in [1.82, 2.24) is 16.0 Å². The Morgan fingerprint density at radius 3 is 1.53 bits per heavy atom. The number of ether oxygens (including phenoxy) is 3. The van der Waals surface area contributed by atoms with Crippen molar-refractivity contribution in [3.63, 3.8) is 0 Å². The fraction of sp³-hybridized carbons (Fsp3) is 1.00. The fourth-order valence-corrected chi connectivity index (χ4v) is 4.42. The van der Waals surface area contributed by atoms with Crippen LogP contribution in [0.15, 0.2) is 0 Å². The summed E-state index contributed by atoms with van der Waals surface area (Å²) in [4.78, 5) is 0. The van der Waals surface area contributed by atoms with E-state index in [9.17, 15) is 0 Å². The van der Waals surface area contributed by atoms with E-state index in [4.69, 9.17) is 14.2 Å². The van der Waals surface area contributed by atoms with E-state index in [0.29, 0.717) is 24.0 Å². The first kappa shape index (κ1) is 40.0. The maximum atomic E-state index is 5.53. The van der Waals surface area contributed by atoms with Gasteiger partial charge in [0, 0.05) is 41.1 Å². The van der Waals surface area contributed by atoms with Crippen molar-refractivity contribution in [2.75, 3.05) is 59.1 Å². The Hall–Kier alpha value is -0.175. The molecule has 0 amide bonds. The number of hydrogen-bond donors (Lipinski definition) is 3. The summed E-state index contributed by atoms with van der Waals surface area (Å²) in [6.07, 6.45) is 10.9. The van der Waals surface area contributed by atoms with Gasteiger partial charge in [0.1, 0.15) is 0 Å². The Balaban J connectivity index is 0. The van der Waals surface area contributed by atoms with Gasteiger partial charge in [-0.25, -0.2) is 0 Å². The molecule has 4 unspecified atom stereocenters. The smallest absolute Gasteiger partial charge is 0.0639 e. The Labute approximate surface area is 240 Å². The van der Waals surface area contributed by atoms with Gasteiger partial charge in [0.15, 0.2) is 0 Å². The van der Waals surface area contributed by atoms with Gasteiger partial charge in [0.25, 0.3) is 0 Å². The predicted octanol–water partition coefficient (Wildman–Crippen LogP) is 5.66. The van der Waals surface area contributed by atoms with Crippen molar-refractivity contribution in [3.8, 4) is 0 Å². The van der Waals surface area contributed by atoms with E-state index >= 15 is 0 Å². The summed E-state index contributed by atoms with van der Waals surface area (Å²) in [5, 5.41) is 9.88. The lowest BCUT2D eigenvalue weighted by Gasteiger charge is -2.21. The minimum atomic E-state index is 0. The molecule has 4 fully saturated rings. The van der Waals surface area contributed by atoms with E-state index in [-0.39, 0.29) is 14.0 Å². The second-order valence-corrected chi connectivity index (χ2v) is 11.7. The normalized spacial score (nSPS) is 29.9. The third-order valence-electron chi connectivity index (χ3n) is 7.67. The zero-order valence-electron chi connectivity index (χ0n) is 27.0. The maximum Gasteiger partial charge on any atom is 0.0639 e. The van der Waals surface area contributed by atoms with Gasteiger partial charge in [-0.15, -0.1) is 0 Å². The van der Waals surface area contributed by atoms with Crippen LogP contribution < -0.4 is 16.0 Å². The average Bonchev–Trinajstić information content (AvgIpc) is 3.39. The highest BCUT2D eigenvalue weighted by atomic mass is 16.5. The van der Waals surface area contributed by atoms with Crippen molar-refractivity contribution < 1.29 is 14.2 Å². The number of nitrogens with one attached hydrogen (secondary N) is 3. The lowest BCUT2D eigenvalue weighted by molar-refractivity contribution is -0.00782. The van der Waals surface area contributed by atoms with Gasteiger partial charge in [-0.1, -0.05) is 73.1 Å². The molecule has 4 aliphatic rings. The summed E-state index contributed by atoms with van der Waals surface area (Å²) < 4.78 is 16.4. The largest absolute Gasteiger partial charge is 0.377 e. The summed E-state index contributed by atoms with van der Waals surface area (Å²) in [7, 11) is 0. The van der Waals surface area contributed by atoms with Crippen LogP contribution in [0.5, 0.6) is 0 Å². The molecule has 38 heavy (non-hydrogen) atoms. The fourth-order valence-electron chi connectivity index (χ4n) is 4.42. The molecule has 227 valence electrons. The summed E-state index contributed by atoms with van der Waals surface area (Å²) in [6.45, 7) is 28.2. The van der Waals surface area contributed by atoms with Crippen molar-refractivity contribution >= 4 is 8.41 Å². The minimum absolute atomic E-state index is 0. The summed E-state index contributed by atoms with van der Waals surface area (Å²) in [6, 6.07) is 0. The molecule has 0 bridgehead atoms. The average molecular weight is 541 g/mol. The van der Waals surface area contributed by atoms with Gasteiger partial charge in [-0.05, 0) is 58.4 Å². The molecule has 3 saturated heterocycles. The van der Waals surface area contributed by atoms with Crippen LogP contribution in [0.4, 0.5) is 0 Å². The van der Waals surface area contributed by atoms with Gasteiger partial charge >= 0.3 is 0 Å². The predicted molar refractivity (Wildman–Crippen MR) is 166 cm³/mol. The Morgan fingerprint density at radius 2 is 1.05 bits per heavy atom. The Kier molecular flexibility index (Phi) is 27.1. The quantitative estimate of drug-likeness (QED) is 0.272. The molecule has 1 aliphatic carbocycles. The van der Waals surface area contributed by atoms with Crippen molar-refractivity contribution in [2.24, 2.45) is 17.8 Å². The molecule has 3 radical (unpaired) electrons. The van der Waals surface area contributed by atoms with Crippen LogP contribution in [0.25, 0.3) is 0 Å². The summed E-state index contributed by atoms with van der Waals surface area (Å²) >= 11 is 0. The van der Waals surface area contributed by atoms with Crippen molar-refractivity contribution in [3.05, 3.63) is 0 Å². The van der Waals surface area contributed by atoms with Crippen LogP contribution >= 0.6 is 0 Å². The van der Waals surface area contributed by atoms with Gasteiger partial charge in [0.2, 0.25) is 0 Å². The Morgan fingerprint density at radius 1 is 0.605 bits per heavy atom. The van der Waals surface area contributed by atoms with Crippen LogP contribution in [0.1, 0.15) is 107 Å². The topological polar surface area (TPSA) is 63.8 Å². The molecule has 3 N–H and O–H groups in total. The highest BCUT2D eigenvalue weighted by Gasteiger charge is 2.19. The molecule has 0 aromatic heterocycles. The second-order valence-electron chi connectivity index (χ2n) is 11.7. The van der Waals surface area contributed by atoms with Gasteiger partial charge in [-0.2, -0.15) is 0 Å². The molecule has 3 aliphatic heterocycles. The second kappa shape index (κ2) is 25.8. The SMILES string of the molecule is CC.CC1(C)CCNCCO1.CC1CCCCCC1.CC1CNCCOC1C.CC1CNCCOC1C.[B]. The standard InChI is InChI=1S/C8H16.3C7H15NO.C2H6.B/c1-8-6-4-2-3-5-7-8;1-7(2)3-4-8-5-6-9-7;2*1-6-5-8-3-4-9-7(6)2;1-2;/h8H,2-7H2,1H3;8H,3-6H2,1-2H3;2*6-8H,3-5H2,1-2H3;1-2H3;. The molecule has 1 saturated carbocycles. The van der Waals surface area contributed by atoms with E-state index in [0.717, 1.165) is 71.4 Å². The van der Waals surface area contributed by atoms with E-state index in [2.05, 4.69) is 64.4 Å². The number of rotatable bonds is 0. The molecule has 0 spiro atoms. The summed E-state index contributed by atoms with van der Waals surface area (Å²) in [5.41, 5.74) is 0.101. The summed E-state index contributed by atoms with van der Waals surface area (Å²) in [5.74, 6) is 2.34. The van der Waals surface area contributed by atoms with Crippen LogP contribution in [-0.4, -0.2) is 85.3 Å². The zero-order chi connectivity index (χ0) is 27.9. The first-order chi connectivity index (χ1) is 17.7. The monoisotopic (exact) mass is 541 g/mol. The van der Waals surface area contributed by atoms with E-state index in [1.54, 1.807) is 0 Å². The first-order valence-corrected chi connectivity index (χ1v) is 15.7. The molecule has 4 atom stereocenters.